The van der Waals surface area contributed by atoms with Crippen LogP contribution in [0.5, 0.6) is 0 Å². The Balaban J connectivity index is 1.92. The molecule has 3 aromatic heterocycles. The molecule has 0 bridgehead atoms. The Kier molecular flexibility index (Phi) is 7.44. The third-order valence-electron chi connectivity index (χ3n) is 7.34. The van der Waals surface area contributed by atoms with Gasteiger partial charge in [0.05, 0.1) is 27.5 Å². The predicted molar refractivity (Wildman–Crippen MR) is 156 cm³/mol. The van der Waals surface area contributed by atoms with Crippen LogP contribution in [-0.4, -0.2) is 44.7 Å². The summed E-state index contributed by atoms with van der Waals surface area (Å²) in [6.07, 6.45) is 1.78. The zero-order valence-electron chi connectivity index (χ0n) is 23.2. The van der Waals surface area contributed by atoms with Crippen LogP contribution in [0.3, 0.4) is 0 Å². The Hall–Kier alpha value is -3.36. The summed E-state index contributed by atoms with van der Waals surface area (Å²) >= 11 is 6.80. The zero-order chi connectivity index (χ0) is 28.0. The number of piperazine rings is 1. The van der Waals surface area contributed by atoms with E-state index in [0.29, 0.717) is 29.1 Å². The predicted octanol–water partition coefficient (Wildman–Crippen LogP) is 6.07. The number of aromatic nitrogens is 4. The normalized spacial score (nSPS) is 17.9. The fourth-order valence-corrected chi connectivity index (χ4v) is 5.56. The summed E-state index contributed by atoms with van der Waals surface area (Å²) in [5.41, 5.74) is 2.87. The number of rotatable bonds is 5. The van der Waals surface area contributed by atoms with Crippen LogP contribution in [0.2, 0.25) is 5.02 Å². The monoisotopic (exact) mass is 548 g/mol. The summed E-state index contributed by atoms with van der Waals surface area (Å²) in [7, 11) is 0. The van der Waals surface area contributed by atoms with Gasteiger partial charge in [0, 0.05) is 36.9 Å². The minimum Gasteiger partial charge on any atom is -0.350 e. The van der Waals surface area contributed by atoms with E-state index in [1.807, 2.05) is 19.9 Å². The van der Waals surface area contributed by atoms with E-state index in [-0.39, 0.29) is 40.2 Å². The third-order valence-corrected chi connectivity index (χ3v) is 7.63. The first kappa shape index (κ1) is 27.2. The van der Waals surface area contributed by atoms with Crippen LogP contribution in [0, 0.1) is 5.82 Å². The molecule has 0 saturated carbocycles. The lowest BCUT2D eigenvalue weighted by molar-refractivity contribution is 0.423. The van der Waals surface area contributed by atoms with Gasteiger partial charge in [0.25, 0.3) is 0 Å². The molecule has 1 saturated heterocycles. The van der Waals surface area contributed by atoms with Gasteiger partial charge in [-0.25, -0.2) is 18.7 Å². The van der Waals surface area contributed by atoms with Crippen molar-refractivity contribution in [1.29, 1.82) is 0 Å². The molecule has 0 aliphatic carbocycles. The lowest BCUT2D eigenvalue weighted by Crippen LogP contribution is -2.55. The lowest BCUT2D eigenvalue weighted by Gasteiger charge is -2.39. The zero-order valence-corrected chi connectivity index (χ0v) is 23.9. The highest BCUT2D eigenvalue weighted by Gasteiger charge is 2.29. The maximum Gasteiger partial charge on any atom is 0.355 e. The average Bonchev–Trinajstić information content (AvgIpc) is 2.89. The van der Waals surface area contributed by atoms with Gasteiger partial charge in [-0.3, -0.25) is 4.98 Å². The number of fused-ring (bicyclic) bond motifs is 1. The molecule has 4 aromatic rings. The molecule has 0 radical (unpaired) electrons. The molecule has 0 spiro atoms. The van der Waals surface area contributed by atoms with Crippen molar-refractivity contribution < 1.29 is 4.39 Å². The number of nitrogens with one attached hydrogen (secondary N) is 1. The summed E-state index contributed by atoms with van der Waals surface area (Å²) in [6.45, 7) is 13.9. The van der Waals surface area contributed by atoms with Crippen LogP contribution in [0.1, 0.15) is 64.6 Å². The highest BCUT2D eigenvalue weighted by Crippen LogP contribution is 2.37. The van der Waals surface area contributed by atoms with Gasteiger partial charge < -0.3 is 10.2 Å². The number of pyridine rings is 2. The Morgan fingerprint density at radius 1 is 1.08 bits per heavy atom. The van der Waals surface area contributed by atoms with Crippen molar-refractivity contribution in [2.45, 2.75) is 65.5 Å². The smallest absolute Gasteiger partial charge is 0.350 e. The van der Waals surface area contributed by atoms with Crippen LogP contribution >= 0.6 is 11.6 Å². The molecule has 1 aliphatic heterocycles. The van der Waals surface area contributed by atoms with Crippen LogP contribution in [-0.2, 0) is 0 Å². The molecule has 1 aliphatic rings. The van der Waals surface area contributed by atoms with Gasteiger partial charge in [-0.2, -0.15) is 4.98 Å². The van der Waals surface area contributed by atoms with Crippen molar-refractivity contribution in [1.82, 2.24) is 24.8 Å². The second kappa shape index (κ2) is 10.7. The molecular formula is C30H34ClFN6O. The summed E-state index contributed by atoms with van der Waals surface area (Å²) < 4.78 is 16.5. The number of benzene rings is 1. The molecule has 204 valence electrons. The molecular weight excluding hydrogens is 515 g/mol. The van der Waals surface area contributed by atoms with E-state index in [9.17, 15) is 9.18 Å². The molecule has 1 aromatic carbocycles. The molecule has 5 rings (SSSR count). The third kappa shape index (κ3) is 4.92. The number of nitrogens with zero attached hydrogens (tertiary/aromatic N) is 5. The van der Waals surface area contributed by atoms with E-state index >= 15 is 0 Å². The van der Waals surface area contributed by atoms with Crippen molar-refractivity contribution >= 4 is 28.5 Å². The van der Waals surface area contributed by atoms with Gasteiger partial charge >= 0.3 is 5.69 Å². The second-order valence-electron chi connectivity index (χ2n) is 11.0. The average molecular weight is 549 g/mol. The lowest BCUT2D eigenvalue weighted by atomic mass is 9.97. The Labute approximate surface area is 233 Å². The van der Waals surface area contributed by atoms with Crippen LogP contribution in [0.15, 0.2) is 47.4 Å². The highest BCUT2D eigenvalue weighted by molar-refractivity contribution is 6.33. The van der Waals surface area contributed by atoms with Crippen molar-refractivity contribution in [3.8, 4) is 16.9 Å². The minimum absolute atomic E-state index is 0.0349. The summed E-state index contributed by atoms with van der Waals surface area (Å²) in [5.74, 6) is 0.232. The fourth-order valence-electron chi connectivity index (χ4n) is 5.30. The molecule has 9 heteroatoms. The molecule has 1 N–H and O–H groups in total. The maximum absolute atomic E-state index is 15.0. The molecule has 2 atom stereocenters. The Bertz CT molecular complexity index is 1570. The topological polar surface area (TPSA) is 75.9 Å². The first-order valence-electron chi connectivity index (χ1n) is 13.5. The largest absolute Gasteiger partial charge is 0.355 e. The summed E-state index contributed by atoms with van der Waals surface area (Å²) in [5, 5.41) is 4.40. The summed E-state index contributed by atoms with van der Waals surface area (Å²) in [6, 6.07) is 10.4. The van der Waals surface area contributed by atoms with Crippen LogP contribution in [0.4, 0.5) is 10.2 Å². The standard InChI is InChI=1S/C30H34ClFN6O/c1-16(2)20-11-12-33-25(17(3)4)27(20)38-29-22(13-23(31)26(35-29)21-9-7-8-10-24(21)32)28(36-30(38)39)37-15-18(5)34-14-19(37)6/h7-13,16-19,34H,14-15H2,1-6H3/t18-,19+/m1/s1. The number of anilines is 1. The SMILES string of the molecule is CC(C)c1ccnc(C(C)C)c1-n1c(=O)nc(N2C[C@@H](C)NC[C@@H]2C)c2cc(Cl)c(-c3ccccc3F)nc21. The van der Waals surface area contributed by atoms with Crippen molar-refractivity contribution in [2.75, 3.05) is 18.0 Å². The molecule has 7 nitrogen and oxygen atoms in total. The van der Waals surface area contributed by atoms with Gasteiger partial charge in [-0.15, -0.1) is 0 Å². The van der Waals surface area contributed by atoms with E-state index in [1.165, 1.54) is 6.07 Å². The van der Waals surface area contributed by atoms with Crippen molar-refractivity contribution in [3.05, 3.63) is 75.2 Å². The maximum atomic E-state index is 15.0. The Morgan fingerprint density at radius 3 is 2.51 bits per heavy atom. The number of hydrogen-bond donors (Lipinski definition) is 1. The fraction of sp³-hybridized carbons (Fsp3) is 0.400. The van der Waals surface area contributed by atoms with Crippen molar-refractivity contribution in [3.63, 3.8) is 0 Å². The van der Waals surface area contributed by atoms with Gasteiger partial charge in [-0.1, -0.05) is 51.4 Å². The summed E-state index contributed by atoms with van der Waals surface area (Å²) in [4.78, 5) is 30.4. The second-order valence-corrected chi connectivity index (χ2v) is 11.4. The van der Waals surface area contributed by atoms with E-state index in [2.05, 4.69) is 47.9 Å². The first-order valence-corrected chi connectivity index (χ1v) is 13.8. The highest BCUT2D eigenvalue weighted by atomic mass is 35.5. The van der Waals surface area contributed by atoms with Gasteiger partial charge in [-0.05, 0) is 55.5 Å². The van der Waals surface area contributed by atoms with E-state index < -0.39 is 11.5 Å². The minimum atomic E-state index is -0.456. The van der Waals surface area contributed by atoms with Crippen LogP contribution < -0.4 is 15.9 Å². The van der Waals surface area contributed by atoms with E-state index in [0.717, 1.165) is 17.8 Å². The number of halogens is 2. The van der Waals surface area contributed by atoms with Gasteiger partial charge in [0.15, 0.2) is 5.65 Å². The molecule has 0 unspecified atom stereocenters. The van der Waals surface area contributed by atoms with Crippen molar-refractivity contribution in [2.24, 2.45) is 0 Å². The van der Waals surface area contributed by atoms with E-state index in [4.69, 9.17) is 16.6 Å². The Morgan fingerprint density at radius 2 is 1.82 bits per heavy atom. The van der Waals surface area contributed by atoms with Crippen LogP contribution in [0.25, 0.3) is 28.0 Å². The van der Waals surface area contributed by atoms with Gasteiger partial charge in [0.1, 0.15) is 11.6 Å². The molecule has 0 amide bonds. The quantitative estimate of drug-likeness (QED) is 0.326. The molecule has 39 heavy (non-hydrogen) atoms. The van der Waals surface area contributed by atoms with E-state index in [1.54, 1.807) is 35.0 Å². The number of hydrogen-bond acceptors (Lipinski definition) is 6. The van der Waals surface area contributed by atoms with Gasteiger partial charge in [0.2, 0.25) is 0 Å². The molecule has 4 heterocycles. The first-order chi connectivity index (χ1) is 18.6. The molecule has 1 fully saturated rings.